The van der Waals surface area contributed by atoms with Crippen LogP contribution in [-0.4, -0.2) is 77.3 Å². The van der Waals surface area contributed by atoms with Crippen molar-refractivity contribution in [2.24, 2.45) is 16.8 Å². The van der Waals surface area contributed by atoms with Gasteiger partial charge in [-0.2, -0.15) is 0 Å². The van der Waals surface area contributed by atoms with Crippen molar-refractivity contribution >= 4 is 35.2 Å². The highest BCUT2D eigenvalue weighted by atomic mass is 32.2. The third-order valence-corrected chi connectivity index (χ3v) is 9.96. The summed E-state index contributed by atoms with van der Waals surface area (Å²) in [5.41, 5.74) is 1.69. The molecule has 2 saturated heterocycles. The number of para-hydroxylation sites is 1. The third kappa shape index (κ3) is 4.31. The van der Waals surface area contributed by atoms with Crippen molar-refractivity contribution in [3.8, 4) is 0 Å². The van der Waals surface area contributed by atoms with Gasteiger partial charge in [0, 0.05) is 48.1 Å². The molecule has 0 radical (unpaired) electrons. The summed E-state index contributed by atoms with van der Waals surface area (Å²) in [6, 6.07) is 16.8. The van der Waals surface area contributed by atoms with Gasteiger partial charge in [0.2, 0.25) is 0 Å². The molecule has 0 atom stereocenters. The average Bonchev–Trinajstić information content (AvgIpc) is 3.85. The highest BCUT2D eigenvalue weighted by Crippen LogP contribution is 2.54. The van der Waals surface area contributed by atoms with Crippen LogP contribution < -0.4 is 5.32 Å². The monoisotopic (exact) mass is 529 g/mol. The Kier molecular flexibility index (Phi) is 6.20. The lowest BCUT2D eigenvalue weighted by Crippen LogP contribution is -2.51. The fraction of sp³-hybridized carbons (Fsp3) is 0.500. The molecule has 8 heteroatoms. The molecule has 3 amide bonds. The summed E-state index contributed by atoms with van der Waals surface area (Å²) in [5, 5.41) is 3.14. The molecule has 7 nitrogen and oxygen atoms in total. The summed E-state index contributed by atoms with van der Waals surface area (Å²) >= 11 is 1.80. The van der Waals surface area contributed by atoms with Gasteiger partial charge in [0.1, 0.15) is 11.4 Å². The van der Waals surface area contributed by atoms with Crippen molar-refractivity contribution in [2.45, 2.75) is 53.9 Å². The summed E-state index contributed by atoms with van der Waals surface area (Å²) in [4.78, 5) is 40.0. The second-order valence-electron chi connectivity index (χ2n) is 11.3. The number of benzene rings is 2. The number of nitrogens with one attached hydrogen (secondary N) is 1. The Balaban J connectivity index is 0.937. The Bertz CT molecular complexity index is 1270. The predicted octanol–water partition coefficient (Wildman–Crippen LogP) is 4.74. The Morgan fingerprint density at radius 1 is 0.842 bits per heavy atom. The van der Waals surface area contributed by atoms with Crippen molar-refractivity contribution in [1.29, 1.82) is 0 Å². The summed E-state index contributed by atoms with van der Waals surface area (Å²) in [5.74, 6) is 1.87. The maximum Gasteiger partial charge on any atom is 0.325 e. The zero-order valence-electron chi connectivity index (χ0n) is 21.8. The Morgan fingerprint density at radius 3 is 2.24 bits per heavy atom. The largest absolute Gasteiger partial charge is 0.354 e. The molecule has 1 N–H and O–H groups in total. The molecule has 0 unspecified atom stereocenters. The van der Waals surface area contributed by atoms with Gasteiger partial charge in [-0.1, -0.05) is 42.1 Å². The zero-order valence-corrected chi connectivity index (χ0v) is 22.6. The zero-order chi connectivity index (χ0) is 25.7. The number of urea groups is 1. The van der Waals surface area contributed by atoms with Gasteiger partial charge >= 0.3 is 6.03 Å². The molecule has 2 aromatic rings. The Hall–Kier alpha value is -2.84. The summed E-state index contributed by atoms with van der Waals surface area (Å²) in [7, 11) is 0. The number of amidine groups is 1. The van der Waals surface area contributed by atoms with Crippen LogP contribution in [-0.2, 0) is 4.79 Å². The van der Waals surface area contributed by atoms with E-state index in [-0.39, 0.29) is 11.9 Å². The molecular formula is C30H35N5O2S. The number of carbonyl (C=O) groups excluding carboxylic acids is 2. The quantitative estimate of drug-likeness (QED) is 0.415. The van der Waals surface area contributed by atoms with Crippen molar-refractivity contribution < 1.29 is 9.59 Å². The van der Waals surface area contributed by atoms with Crippen molar-refractivity contribution in [3.05, 3.63) is 54.1 Å². The first-order chi connectivity index (χ1) is 18.6. The van der Waals surface area contributed by atoms with E-state index in [4.69, 9.17) is 4.99 Å². The third-order valence-electron chi connectivity index (χ3n) is 8.82. The number of amides is 3. The maximum atomic E-state index is 13.3. The van der Waals surface area contributed by atoms with E-state index in [0.717, 1.165) is 82.8 Å². The number of hydrogen-bond donors (Lipinski definition) is 1. The maximum absolute atomic E-state index is 13.3. The van der Waals surface area contributed by atoms with E-state index in [1.807, 2.05) is 0 Å². The second-order valence-corrected chi connectivity index (χ2v) is 12.4. The van der Waals surface area contributed by atoms with E-state index in [2.05, 4.69) is 63.6 Å². The number of nitrogens with zero attached hydrogens (tertiary/aromatic N) is 4. The highest BCUT2D eigenvalue weighted by molar-refractivity contribution is 7.99. The molecule has 5 aliphatic rings. The van der Waals surface area contributed by atoms with Gasteiger partial charge in [0.15, 0.2) is 0 Å². The fourth-order valence-electron chi connectivity index (χ4n) is 6.48. The molecule has 4 fully saturated rings. The molecular weight excluding hydrogens is 494 g/mol. The SMILES string of the molecule is O=C1NC(C2CC2)(C2CC2)C(=O)N1CCCCN1CCN(C2=Nc3ccccc3Sc3ccccc32)CC1. The number of carbonyl (C=O) groups is 2. The molecule has 2 aromatic carbocycles. The van der Waals surface area contributed by atoms with E-state index >= 15 is 0 Å². The molecule has 2 aliphatic carbocycles. The van der Waals surface area contributed by atoms with E-state index in [1.165, 1.54) is 20.3 Å². The van der Waals surface area contributed by atoms with Gasteiger partial charge in [0.25, 0.3) is 5.91 Å². The van der Waals surface area contributed by atoms with Crippen LogP contribution in [0.2, 0.25) is 0 Å². The molecule has 0 spiro atoms. The van der Waals surface area contributed by atoms with Crippen LogP contribution in [0, 0.1) is 11.8 Å². The van der Waals surface area contributed by atoms with Gasteiger partial charge in [0.05, 0.1) is 5.69 Å². The smallest absolute Gasteiger partial charge is 0.325 e. The molecule has 3 heterocycles. The topological polar surface area (TPSA) is 68.2 Å². The van der Waals surface area contributed by atoms with Crippen molar-refractivity contribution in [2.75, 3.05) is 39.3 Å². The molecule has 2 saturated carbocycles. The van der Waals surface area contributed by atoms with Crippen LogP contribution >= 0.6 is 11.8 Å². The van der Waals surface area contributed by atoms with Gasteiger partial charge in [-0.25, -0.2) is 9.79 Å². The standard InChI is InChI=1S/C30H35N5O2S/c36-28-30(21-11-12-21,22-13-14-22)32-29(37)35(28)16-6-5-15-33-17-19-34(20-18-33)27-23-7-1-3-9-25(23)38-26-10-4-2-8-24(26)31-27/h1-4,7-10,21-22H,5-6,11-20H2,(H,32,37). The number of hydrogen-bond acceptors (Lipinski definition) is 6. The molecule has 38 heavy (non-hydrogen) atoms. The van der Waals surface area contributed by atoms with Crippen LogP contribution in [0.25, 0.3) is 0 Å². The van der Waals surface area contributed by atoms with Gasteiger partial charge in [-0.05, 0) is 75.1 Å². The van der Waals surface area contributed by atoms with Crippen LogP contribution in [0.4, 0.5) is 10.5 Å². The van der Waals surface area contributed by atoms with Crippen LogP contribution in [0.5, 0.6) is 0 Å². The minimum atomic E-state index is -0.564. The lowest BCUT2D eigenvalue weighted by atomic mass is 9.87. The predicted molar refractivity (Wildman–Crippen MR) is 149 cm³/mol. The van der Waals surface area contributed by atoms with Crippen LogP contribution in [0.15, 0.2) is 63.3 Å². The van der Waals surface area contributed by atoms with E-state index in [9.17, 15) is 9.59 Å². The van der Waals surface area contributed by atoms with Gasteiger partial charge in [-0.15, -0.1) is 0 Å². The van der Waals surface area contributed by atoms with E-state index in [0.29, 0.717) is 18.4 Å². The highest BCUT2D eigenvalue weighted by Gasteiger charge is 2.65. The normalized spacial score (nSPS) is 23.0. The number of rotatable bonds is 7. The average molecular weight is 530 g/mol. The number of imide groups is 1. The number of unbranched alkanes of at least 4 members (excludes halogenated alkanes) is 1. The van der Waals surface area contributed by atoms with E-state index < -0.39 is 5.54 Å². The lowest BCUT2D eigenvalue weighted by molar-refractivity contribution is -0.133. The second kappa shape index (κ2) is 9.72. The first kappa shape index (κ1) is 24.2. The number of aliphatic imine (C=N–C) groups is 1. The molecule has 198 valence electrons. The fourth-order valence-corrected chi connectivity index (χ4v) is 7.50. The van der Waals surface area contributed by atoms with Crippen molar-refractivity contribution in [1.82, 2.24) is 20.0 Å². The summed E-state index contributed by atoms with van der Waals surface area (Å²) < 4.78 is 0. The minimum Gasteiger partial charge on any atom is -0.354 e. The summed E-state index contributed by atoms with van der Waals surface area (Å²) in [6.07, 6.45) is 6.15. The first-order valence-corrected chi connectivity index (χ1v) is 15.0. The van der Waals surface area contributed by atoms with Crippen LogP contribution in [0.1, 0.15) is 44.1 Å². The van der Waals surface area contributed by atoms with E-state index in [1.54, 1.807) is 11.8 Å². The summed E-state index contributed by atoms with van der Waals surface area (Å²) in [6.45, 7) is 5.40. The first-order valence-electron chi connectivity index (χ1n) is 14.2. The minimum absolute atomic E-state index is 0.0605. The van der Waals surface area contributed by atoms with Crippen LogP contribution in [0.3, 0.4) is 0 Å². The number of fused-ring (bicyclic) bond motifs is 2. The molecule has 3 aliphatic heterocycles. The Morgan fingerprint density at radius 2 is 1.50 bits per heavy atom. The van der Waals surface area contributed by atoms with Crippen molar-refractivity contribution in [3.63, 3.8) is 0 Å². The lowest BCUT2D eigenvalue weighted by Gasteiger charge is -2.36. The molecule has 7 rings (SSSR count). The van der Waals surface area contributed by atoms with Gasteiger partial charge in [-0.3, -0.25) is 14.6 Å². The molecule has 0 aromatic heterocycles. The number of piperazine rings is 1. The van der Waals surface area contributed by atoms with Gasteiger partial charge < -0.3 is 10.2 Å². The Labute approximate surface area is 228 Å². The molecule has 0 bridgehead atoms.